The summed E-state index contributed by atoms with van der Waals surface area (Å²) in [5, 5.41) is 0. The molecule has 1 aromatic rings. The van der Waals surface area contributed by atoms with Gasteiger partial charge in [-0.1, -0.05) is 45.9 Å². The maximum Gasteiger partial charge on any atom is 0.122 e. The molecule has 114 valence electrons. The second-order valence-corrected chi connectivity index (χ2v) is 6.51. The molecule has 20 heavy (non-hydrogen) atoms. The predicted octanol–water partition coefficient (Wildman–Crippen LogP) is 4.38. The lowest BCUT2D eigenvalue weighted by Crippen LogP contribution is -2.33. The Labute approximate surface area is 125 Å². The minimum Gasteiger partial charge on any atom is -0.493 e. The molecule has 0 bridgehead atoms. The lowest BCUT2D eigenvalue weighted by Gasteiger charge is -2.26. The standard InChI is InChI=1S/C18H31NO/c1-15(2)13-19(14-16(3)4)11-8-12-20-18-10-7-6-9-17(18)5/h6-7,9-10,15-16H,8,11-14H2,1-5H3. The van der Waals surface area contributed by atoms with Gasteiger partial charge in [0.05, 0.1) is 6.61 Å². The van der Waals surface area contributed by atoms with Crippen LogP contribution in [-0.4, -0.2) is 31.1 Å². The van der Waals surface area contributed by atoms with E-state index in [9.17, 15) is 0 Å². The van der Waals surface area contributed by atoms with Crippen LogP contribution in [0.4, 0.5) is 0 Å². The number of hydrogen-bond acceptors (Lipinski definition) is 2. The zero-order chi connectivity index (χ0) is 15.0. The van der Waals surface area contributed by atoms with Crippen LogP contribution in [0.1, 0.15) is 39.7 Å². The Morgan fingerprint density at radius 1 is 1.00 bits per heavy atom. The van der Waals surface area contributed by atoms with Gasteiger partial charge in [0.25, 0.3) is 0 Å². The number of aryl methyl sites for hydroxylation is 1. The first-order valence-electron chi connectivity index (χ1n) is 7.89. The average molecular weight is 277 g/mol. The maximum absolute atomic E-state index is 5.87. The Morgan fingerprint density at radius 3 is 2.15 bits per heavy atom. The van der Waals surface area contributed by atoms with Crippen molar-refractivity contribution in [2.45, 2.75) is 41.0 Å². The molecule has 1 aromatic carbocycles. The second-order valence-electron chi connectivity index (χ2n) is 6.51. The molecule has 2 nitrogen and oxygen atoms in total. The van der Waals surface area contributed by atoms with Crippen molar-refractivity contribution in [2.75, 3.05) is 26.2 Å². The van der Waals surface area contributed by atoms with Crippen molar-refractivity contribution in [1.29, 1.82) is 0 Å². The number of nitrogens with zero attached hydrogens (tertiary/aromatic N) is 1. The van der Waals surface area contributed by atoms with E-state index in [-0.39, 0.29) is 0 Å². The molecule has 0 aromatic heterocycles. The van der Waals surface area contributed by atoms with Crippen molar-refractivity contribution in [3.63, 3.8) is 0 Å². The lowest BCUT2D eigenvalue weighted by atomic mass is 10.1. The average Bonchev–Trinajstić information content (AvgIpc) is 2.35. The monoisotopic (exact) mass is 277 g/mol. The van der Waals surface area contributed by atoms with Crippen molar-refractivity contribution >= 4 is 0 Å². The van der Waals surface area contributed by atoms with E-state index in [0.29, 0.717) is 0 Å². The maximum atomic E-state index is 5.87. The summed E-state index contributed by atoms with van der Waals surface area (Å²) in [5.41, 5.74) is 1.22. The SMILES string of the molecule is Cc1ccccc1OCCCN(CC(C)C)CC(C)C. The number of hydrogen-bond donors (Lipinski definition) is 0. The molecular weight excluding hydrogens is 246 g/mol. The highest BCUT2D eigenvalue weighted by molar-refractivity contribution is 5.31. The summed E-state index contributed by atoms with van der Waals surface area (Å²) >= 11 is 0. The molecule has 0 saturated carbocycles. The quantitative estimate of drug-likeness (QED) is 0.621. The van der Waals surface area contributed by atoms with Crippen molar-refractivity contribution in [2.24, 2.45) is 11.8 Å². The van der Waals surface area contributed by atoms with E-state index in [0.717, 1.165) is 37.2 Å². The second kappa shape index (κ2) is 9.02. The lowest BCUT2D eigenvalue weighted by molar-refractivity contribution is 0.197. The van der Waals surface area contributed by atoms with Crippen LogP contribution in [0, 0.1) is 18.8 Å². The van der Waals surface area contributed by atoms with Crippen molar-refractivity contribution in [1.82, 2.24) is 4.90 Å². The van der Waals surface area contributed by atoms with Gasteiger partial charge in [0.2, 0.25) is 0 Å². The fraction of sp³-hybridized carbons (Fsp3) is 0.667. The highest BCUT2D eigenvalue weighted by atomic mass is 16.5. The number of ether oxygens (including phenoxy) is 1. The van der Waals surface area contributed by atoms with Gasteiger partial charge in [-0.3, -0.25) is 0 Å². The van der Waals surface area contributed by atoms with Crippen LogP contribution in [0.25, 0.3) is 0 Å². The third-order valence-electron chi connectivity index (χ3n) is 3.22. The van der Waals surface area contributed by atoms with E-state index < -0.39 is 0 Å². The van der Waals surface area contributed by atoms with E-state index in [1.807, 2.05) is 6.07 Å². The van der Waals surface area contributed by atoms with Gasteiger partial charge in [-0.25, -0.2) is 0 Å². The van der Waals surface area contributed by atoms with Crippen LogP contribution in [-0.2, 0) is 0 Å². The normalized spacial score (nSPS) is 11.6. The molecule has 0 unspecified atom stereocenters. The van der Waals surface area contributed by atoms with E-state index in [4.69, 9.17) is 4.74 Å². The van der Waals surface area contributed by atoms with Gasteiger partial charge in [0.1, 0.15) is 5.75 Å². The first kappa shape index (κ1) is 17.0. The third kappa shape index (κ3) is 6.95. The molecule has 0 amide bonds. The summed E-state index contributed by atoms with van der Waals surface area (Å²) in [6, 6.07) is 8.23. The van der Waals surface area contributed by atoms with Crippen molar-refractivity contribution < 1.29 is 4.74 Å². The summed E-state index contributed by atoms with van der Waals surface area (Å²) in [6.45, 7) is 15.5. The van der Waals surface area contributed by atoms with Crippen LogP contribution in [0.15, 0.2) is 24.3 Å². The van der Waals surface area contributed by atoms with Gasteiger partial charge in [-0.05, 0) is 36.8 Å². The minimum atomic E-state index is 0.728. The minimum absolute atomic E-state index is 0.728. The number of benzene rings is 1. The molecule has 2 heteroatoms. The number of rotatable bonds is 9. The highest BCUT2D eigenvalue weighted by Gasteiger charge is 2.09. The van der Waals surface area contributed by atoms with Crippen molar-refractivity contribution in [3.8, 4) is 5.75 Å². The Bertz CT molecular complexity index is 363. The van der Waals surface area contributed by atoms with Gasteiger partial charge >= 0.3 is 0 Å². The largest absolute Gasteiger partial charge is 0.493 e. The zero-order valence-corrected chi connectivity index (χ0v) is 13.9. The summed E-state index contributed by atoms with van der Waals surface area (Å²) in [7, 11) is 0. The summed E-state index contributed by atoms with van der Waals surface area (Å²) in [6.07, 6.45) is 1.09. The van der Waals surface area contributed by atoms with Gasteiger partial charge in [0, 0.05) is 19.6 Å². The third-order valence-corrected chi connectivity index (χ3v) is 3.22. The van der Waals surface area contributed by atoms with Crippen LogP contribution < -0.4 is 4.74 Å². The summed E-state index contributed by atoms with van der Waals surface area (Å²) in [4.78, 5) is 2.57. The van der Waals surface area contributed by atoms with E-state index in [1.165, 1.54) is 18.7 Å². The molecule has 0 radical (unpaired) electrons. The Hall–Kier alpha value is -1.02. The predicted molar refractivity (Wildman–Crippen MR) is 87.4 cm³/mol. The first-order valence-corrected chi connectivity index (χ1v) is 7.89. The van der Waals surface area contributed by atoms with Crippen LogP contribution in [0.2, 0.25) is 0 Å². The van der Waals surface area contributed by atoms with E-state index in [2.05, 4.69) is 57.7 Å². The molecule has 0 saturated heterocycles. The molecule has 0 aliphatic heterocycles. The van der Waals surface area contributed by atoms with E-state index >= 15 is 0 Å². The fourth-order valence-corrected chi connectivity index (χ4v) is 2.48. The molecule has 0 fully saturated rings. The molecule has 0 aliphatic rings. The van der Waals surface area contributed by atoms with Crippen LogP contribution >= 0.6 is 0 Å². The van der Waals surface area contributed by atoms with E-state index in [1.54, 1.807) is 0 Å². The zero-order valence-electron chi connectivity index (χ0n) is 13.9. The number of para-hydroxylation sites is 1. The van der Waals surface area contributed by atoms with Gasteiger partial charge < -0.3 is 9.64 Å². The molecular formula is C18H31NO. The first-order chi connectivity index (χ1) is 9.49. The molecule has 0 atom stereocenters. The fourth-order valence-electron chi connectivity index (χ4n) is 2.48. The highest BCUT2D eigenvalue weighted by Crippen LogP contribution is 2.16. The van der Waals surface area contributed by atoms with Gasteiger partial charge in [0.15, 0.2) is 0 Å². The molecule has 0 N–H and O–H groups in total. The summed E-state index contributed by atoms with van der Waals surface area (Å²) in [5.74, 6) is 2.48. The topological polar surface area (TPSA) is 12.5 Å². The Balaban J connectivity index is 2.31. The van der Waals surface area contributed by atoms with Gasteiger partial charge in [-0.2, -0.15) is 0 Å². The van der Waals surface area contributed by atoms with Crippen LogP contribution in [0.5, 0.6) is 5.75 Å². The Morgan fingerprint density at radius 2 is 1.60 bits per heavy atom. The summed E-state index contributed by atoms with van der Waals surface area (Å²) < 4.78 is 5.87. The molecule has 0 spiro atoms. The molecule has 0 aliphatic carbocycles. The molecule has 0 heterocycles. The Kier molecular flexibility index (Phi) is 7.68. The molecule has 1 rings (SSSR count). The van der Waals surface area contributed by atoms with Crippen molar-refractivity contribution in [3.05, 3.63) is 29.8 Å². The smallest absolute Gasteiger partial charge is 0.122 e. The van der Waals surface area contributed by atoms with Crippen LogP contribution in [0.3, 0.4) is 0 Å². The van der Waals surface area contributed by atoms with Gasteiger partial charge in [-0.15, -0.1) is 0 Å².